The zero-order valence-electron chi connectivity index (χ0n) is 17.9. The summed E-state index contributed by atoms with van der Waals surface area (Å²) >= 11 is 0. The number of carbonyl (C=O) groups excluding carboxylic acids is 1. The molecule has 0 atom stereocenters. The fourth-order valence-electron chi connectivity index (χ4n) is 5.10. The summed E-state index contributed by atoms with van der Waals surface area (Å²) in [5, 5.41) is 17.3. The molecule has 0 bridgehead atoms. The number of nitrogens with one attached hydrogen (secondary N) is 1. The smallest absolute Gasteiger partial charge is 0.305 e. The highest BCUT2D eigenvalue weighted by Gasteiger charge is 2.41. The van der Waals surface area contributed by atoms with E-state index in [4.69, 9.17) is 19.1 Å². The van der Waals surface area contributed by atoms with Crippen LogP contribution < -0.4 is 10.2 Å². The lowest BCUT2D eigenvalue weighted by Gasteiger charge is -2.39. The molecular weight excluding hydrogens is 426 g/mol. The molecule has 33 heavy (non-hydrogen) atoms. The highest BCUT2D eigenvalue weighted by atomic mass is 16.7. The number of aliphatic carboxylic acids is 1. The molecule has 0 unspecified atom stereocenters. The van der Waals surface area contributed by atoms with E-state index in [2.05, 4.69) is 15.4 Å². The second-order valence-corrected chi connectivity index (χ2v) is 8.59. The molecule has 170 valence electrons. The first-order valence-corrected chi connectivity index (χ1v) is 11.2. The molecule has 9 nitrogen and oxygen atoms in total. The van der Waals surface area contributed by atoms with Gasteiger partial charge in [0.05, 0.1) is 36.3 Å². The largest absolute Gasteiger partial charge is 0.481 e. The molecule has 1 spiro atoms. The Kier molecular flexibility index (Phi) is 4.63. The molecule has 6 rings (SSSR count). The van der Waals surface area contributed by atoms with Gasteiger partial charge in [-0.3, -0.25) is 9.59 Å². The Morgan fingerprint density at radius 3 is 2.61 bits per heavy atom. The predicted molar refractivity (Wildman–Crippen MR) is 120 cm³/mol. The molecule has 2 aromatic carbocycles. The van der Waals surface area contributed by atoms with Crippen molar-refractivity contribution in [2.75, 3.05) is 43.1 Å². The molecule has 0 amide bonds. The van der Waals surface area contributed by atoms with Gasteiger partial charge in [-0.2, -0.15) is 0 Å². The van der Waals surface area contributed by atoms with E-state index in [0.717, 1.165) is 24.1 Å². The molecule has 0 radical (unpaired) electrons. The van der Waals surface area contributed by atoms with Gasteiger partial charge in [-0.25, -0.2) is 0 Å². The summed E-state index contributed by atoms with van der Waals surface area (Å²) in [6.07, 6.45) is 1.39. The maximum Gasteiger partial charge on any atom is 0.305 e. The summed E-state index contributed by atoms with van der Waals surface area (Å²) in [7, 11) is 0. The average molecular weight is 449 g/mol. The van der Waals surface area contributed by atoms with Gasteiger partial charge in [0.15, 0.2) is 17.3 Å². The number of ether oxygens (including phenoxy) is 2. The number of benzene rings is 2. The number of aromatic nitrogens is 1. The maximum atomic E-state index is 13.5. The quantitative estimate of drug-likeness (QED) is 0.474. The van der Waals surface area contributed by atoms with Gasteiger partial charge >= 0.3 is 5.97 Å². The molecule has 3 aromatic rings. The average Bonchev–Trinajstić information content (AvgIpc) is 3.46. The van der Waals surface area contributed by atoms with Gasteiger partial charge < -0.3 is 29.3 Å². The lowest BCUT2D eigenvalue weighted by molar-refractivity contribution is -0.169. The summed E-state index contributed by atoms with van der Waals surface area (Å²) in [5.41, 5.74) is 3.82. The first-order chi connectivity index (χ1) is 16.1. The van der Waals surface area contributed by atoms with Crippen LogP contribution >= 0.6 is 0 Å². The van der Waals surface area contributed by atoms with Crippen LogP contribution in [-0.2, 0) is 14.3 Å². The third kappa shape index (κ3) is 3.19. The number of hydrogen-bond donors (Lipinski definition) is 2. The van der Waals surface area contributed by atoms with Gasteiger partial charge in [-0.1, -0.05) is 29.4 Å². The molecule has 2 N–H and O–H groups in total. The summed E-state index contributed by atoms with van der Waals surface area (Å²) in [5.74, 6) is -0.971. The second kappa shape index (κ2) is 7.57. The van der Waals surface area contributed by atoms with Crippen molar-refractivity contribution in [1.82, 2.24) is 5.16 Å². The molecule has 2 aliphatic heterocycles. The number of hydrogen-bond acceptors (Lipinski definition) is 8. The Labute approximate surface area is 189 Å². The first-order valence-electron chi connectivity index (χ1n) is 11.2. The molecule has 2 saturated heterocycles. The van der Waals surface area contributed by atoms with Crippen molar-refractivity contribution in [2.24, 2.45) is 0 Å². The summed E-state index contributed by atoms with van der Waals surface area (Å²) in [4.78, 5) is 26.8. The molecule has 0 saturated carbocycles. The minimum atomic E-state index is -0.905. The van der Waals surface area contributed by atoms with Gasteiger partial charge in [-0.05, 0) is 6.07 Å². The van der Waals surface area contributed by atoms with Crippen LogP contribution in [0.1, 0.15) is 35.2 Å². The molecule has 1 aliphatic carbocycles. The molecular formula is C24H23N3O6. The highest BCUT2D eigenvalue weighted by Crippen LogP contribution is 2.46. The predicted octanol–water partition coefficient (Wildman–Crippen LogP) is 3.27. The third-order valence-corrected chi connectivity index (χ3v) is 6.71. The third-order valence-electron chi connectivity index (χ3n) is 6.71. The number of carboxylic acid groups (broad SMARTS) is 1. The fraction of sp³-hybridized carbons (Fsp3) is 0.375. The summed E-state index contributed by atoms with van der Waals surface area (Å²) in [6, 6.07) is 9.21. The normalized spacial score (nSPS) is 18.7. The van der Waals surface area contributed by atoms with Crippen molar-refractivity contribution >= 4 is 34.0 Å². The Morgan fingerprint density at radius 2 is 1.88 bits per heavy atom. The molecule has 1 aromatic heterocycles. The number of rotatable bonds is 5. The van der Waals surface area contributed by atoms with Crippen molar-refractivity contribution in [2.45, 2.75) is 25.0 Å². The lowest BCUT2D eigenvalue weighted by Crippen LogP contribution is -2.45. The van der Waals surface area contributed by atoms with Crippen LogP contribution in [0, 0.1) is 0 Å². The van der Waals surface area contributed by atoms with Gasteiger partial charge in [0.25, 0.3) is 0 Å². The van der Waals surface area contributed by atoms with Crippen LogP contribution in [0.2, 0.25) is 0 Å². The van der Waals surface area contributed by atoms with Crippen LogP contribution in [0.4, 0.5) is 11.4 Å². The Bertz CT molecular complexity index is 1270. The molecule has 9 heteroatoms. The van der Waals surface area contributed by atoms with E-state index in [0.29, 0.717) is 59.8 Å². The van der Waals surface area contributed by atoms with E-state index in [1.807, 2.05) is 24.3 Å². The van der Waals surface area contributed by atoms with Crippen LogP contribution in [0.5, 0.6) is 0 Å². The number of anilines is 2. The van der Waals surface area contributed by atoms with Crippen LogP contribution in [0.15, 0.2) is 34.9 Å². The van der Waals surface area contributed by atoms with Gasteiger partial charge in [-0.15, -0.1) is 0 Å². The van der Waals surface area contributed by atoms with E-state index >= 15 is 0 Å². The monoisotopic (exact) mass is 449 g/mol. The van der Waals surface area contributed by atoms with E-state index in [1.54, 1.807) is 6.07 Å². The highest BCUT2D eigenvalue weighted by molar-refractivity contribution is 6.28. The van der Waals surface area contributed by atoms with E-state index in [1.165, 1.54) is 0 Å². The molecule has 2 fully saturated rings. The number of fused-ring (bicyclic) bond motifs is 2. The van der Waals surface area contributed by atoms with Crippen molar-refractivity contribution < 1.29 is 28.7 Å². The van der Waals surface area contributed by atoms with Crippen molar-refractivity contribution in [3.05, 3.63) is 41.5 Å². The van der Waals surface area contributed by atoms with E-state index in [-0.39, 0.29) is 18.7 Å². The van der Waals surface area contributed by atoms with Crippen molar-refractivity contribution in [3.8, 4) is 11.3 Å². The zero-order chi connectivity index (χ0) is 22.6. The Hall–Kier alpha value is -3.43. The number of nitrogens with zero attached hydrogens (tertiary/aromatic N) is 2. The minimum absolute atomic E-state index is 0.0605. The number of ketones is 1. The molecule has 3 aliphatic rings. The Balaban J connectivity index is 1.46. The van der Waals surface area contributed by atoms with Crippen molar-refractivity contribution in [1.29, 1.82) is 0 Å². The van der Waals surface area contributed by atoms with Crippen LogP contribution in [-0.4, -0.2) is 60.7 Å². The van der Waals surface area contributed by atoms with Gasteiger partial charge in [0.1, 0.15) is 5.52 Å². The standard InChI is InChI=1S/C24H23N3O6/c28-18(29)5-8-25-16-13-17(27-9-6-24(7-10-27)31-11-12-32-24)21-20-19(16)22(30)14-3-1-2-4-15(14)23(20)33-26-21/h1-4,13,25H,5-12H2,(H,28,29). The maximum absolute atomic E-state index is 13.5. The van der Waals surface area contributed by atoms with Crippen molar-refractivity contribution in [3.63, 3.8) is 0 Å². The second-order valence-electron chi connectivity index (χ2n) is 8.59. The van der Waals surface area contributed by atoms with Crippen LogP contribution in [0.25, 0.3) is 22.2 Å². The summed E-state index contributed by atoms with van der Waals surface area (Å²) in [6.45, 7) is 2.84. The SMILES string of the molecule is O=C(O)CCNc1cc(N2CCC3(CC2)OCCO3)c2noc3c2c1C(=O)c1ccccc1-3. The Morgan fingerprint density at radius 1 is 1.15 bits per heavy atom. The fourth-order valence-corrected chi connectivity index (χ4v) is 5.10. The topological polar surface area (TPSA) is 114 Å². The van der Waals surface area contributed by atoms with Gasteiger partial charge in [0.2, 0.25) is 0 Å². The number of piperidine rings is 1. The molecule has 3 heterocycles. The number of carboxylic acids is 1. The van der Waals surface area contributed by atoms with Crippen LogP contribution in [0.3, 0.4) is 0 Å². The minimum Gasteiger partial charge on any atom is -0.481 e. The summed E-state index contributed by atoms with van der Waals surface area (Å²) < 4.78 is 17.5. The van der Waals surface area contributed by atoms with Gasteiger partial charge in [0, 0.05) is 49.3 Å². The number of carbonyl (C=O) groups is 2. The lowest BCUT2D eigenvalue weighted by atomic mass is 9.86. The van der Waals surface area contributed by atoms with E-state index in [9.17, 15) is 9.59 Å². The van der Waals surface area contributed by atoms with E-state index < -0.39 is 11.8 Å². The first kappa shape index (κ1) is 20.2. The zero-order valence-corrected chi connectivity index (χ0v) is 17.9.